The molecule has 0 saturated carbocycles. The highest BCUT2D eigenvalue weighted by atomic mass is 32.2. The summed E-state index contributed by atoms with van der Waals surface area (Å²) in [7, 11) is -3.48. The van der Waals surface area contributed by atoms with Crippen molar-refractivity contribution in [2.45, 2.75) is 5.75 Å². The Hall–Kier alpha value is -2.08. The minimum Gasteiger partial charge on any atom is -0.463 e. The molecule has 2 rings (SSSR count). The fourth-order valence-electron chi connectivity index (χ4n) is 1.36. The third-order valence-corrected chi connectivity index (χ3v) is 3.22. The number of sulfonamides is 1. The van der Waals surface area contributed by atoms with Gasteiger partial charge in [0.1, 0.15) is 5.76 Å². The lowest BCUT2D eigenvalue weighted by Gasteiger charge is -2.02. The second-order valence-corrected chi connectivity index (χ2v) is 5.31. The lowest BCUT2D eigenvalue weighted by molar-refractivity contribution is 0.559. The Labute approximate surface area is 105 Å². The van der Waals surface area contributed by atoms with E-state index in [2.05, 4.69) is 9.93 Å². The molecule has 0 bridgehead atoms. The van der Waals surface area contributed by atoms with Crippen LogP contribution in [0, 0.1) is 0 Å². The van der Waals surface area contributed by atoms with Gasteiger partial charge in [-0.05, 0) is 17.7 Å². The van der Waals surface area contributed by atoms with Gasteiger partial charge in [0.2, 0.25) is 0 Å². The van der Waals surface area contributed by atoms with Gasteiger partial charge in [0.25, 0.3) is 10.0 Å². The summed E-state index contributed by atoms with van der Waals surface area (Å²) in [4.78, 5) is 2.13. The van der Waals surface area contributed by atoms with E-state index in [0.717, 1.165) is 0 Å². The van der Waals surface area contributed by atoms with Crippen LogP contribution in [-0.4, -0.2) is 14.6 Å². The summed E-state index contributed by atoms with van der Waals surface area (Å²) in [6.07, 6.45) is 2.79. The average Bonchev–Trinajstić information content (AvgIpc) is 2.82. The molecule has 0 spiro atoms. The summed E-state index contributed by atoms with van der Waals surface area (Å²) in [5, 5.41) is 3.62. The van der Waals surface area contributed by atoms with Crippen molar-refractivity contribution in [1.82, 2.24) is 4.83 Å². The second-order valence-electron chi connectivity index (χ2n) is 3.61. The molecule has 2 aromatic rings. The predicted molar refractivity (Wildman–Crippen MR) is 68.5 cm³/mol. The Morgan fingerprint density at radius 1 is 1.17 bits per heavy atom. The number of hydrazone groups is 1. The van der Waals surface area contributed by atoms with Gasteiger partial charge >= 0.3 is 0 Å². The zero-order valence-electron chi connectivity index (χ0n) is 9.48. The van der Waals surface area contributed by atoms with Crippen LogP contribution in [0.2, 0.25) is 0 Å². The quantitative estimate of drug-likeness (QED) is 0.660. The molecule has 1 aromatic carbocycles. The Kier molecular flexibility index (Phi) is 3.78. The van der Waals surface area contributed by atoms with Gasteiger partial charge in [-0.1, -0.05) is 30.3 Å². The molecule has 18 heavy (non-hydrogen) atoms. The second kappa shape index (κ2) is 5.50. The molecule has 0 aliphatic carbocycles. The van der Waals surface area contributed by atoms with Gasteiger partial charge in [-0.2, -0.15) is 5.10 Å². The fraction of sp³-hybridized carbons (Fsp3) is 0.0833. The van der Waals surface area contributed by atoms with Gasteiger partial charge in [0, 0.05) is 0 Å². The lowest BCUT2D eigenvalue weighted by atomic mass is 10.2. The van der Waals surface area contributed by atoms with Gasteiger partial charge in [-0.15, -0.1) is 0 Å². The third-order valence-electron chi connectivity index (χ3n) is 2.13. The molecule has 0 unspecified atom stereocenters. The largest absolute Gasteiger partial charge is 0.463 e. The number of benzene rings is 1. The number of nitrogens with one attached hydrogen (secondary N) is 1. The van der Waals surface area contributed by atoms with Gasteiger partial charge < -0.3 is 4.42 Å². The minimum absolute atomic E-state index is 0.108. The zero-order valence-corrected chi connectivity index (χ0v) is 10.3. The van der Waals surface area contributed by atoms with Crippen molar-refractivity contribution < 1.29 is 12.8 Å². The van der Waals surface area contributed by atoms with Gasteiger partial charge in [-0.3, -0.25) is 0 Å². The molecule has 0 aliphatic heterocycles. The highest BCUT2D eigenvalue weighted by Crippen LogP contribution is 2.03. The smallest absolute Gasteiger partial charge is 0.251 e. The molecule has 0 fully saturated rings. The van der Waals surface area contributed by atoms with Crippen LogP contribution in [0.25, 0.3) is 0 Å². The summed E-state index contributed by atoms with van der Waals surface area (Å²) < 4.78 is 28.3. The monoisotopic (exact) mass is 264 g/mol. The van der Waals surface area contributed by atoms with Crippen LogP contribution in [0.3, 0.4) is 0 Å². The Morgan fingerprint density at radius 2 is 1.94 bits per heavy atom. The number of nitrogens with zero attached hydrogens (tertiary/aromatic N) is 1. The molecule has 0 atom stereocenters. The van der Waals surface area contributed by atoms with Crippen molar-refractivity contribution >= 4 is 16.2 Å². The van der Waals surface area contributed by atoms with Crippen LogP contribution in [0.4, 0.5) is 0 Å². The highest BCUT2D eigenvalue weighted by Gasteiger charge is 2.09. The molecule has 5 nitrogen and oxygen atoms in total. The van der Waals surface area contributed by atoms with Crippen molar-refractivity contribution in [2.24, 2.45) is 5.10 Å². The van der Waals surface area contributed by atoms with Crippen molar-refractivity contribution in [3.8, 4) is 0 Å². The van der Waals surface area contributed by atoms with E-state index >= 15 is 0 Å². The summed E-state index contributed by atoms with van der Waals surface area (Å²) in [6.45, 7) is 0. The first-order valence-electron chi connectivity index (χ1n) is 5.26. The first kappa shape index (κ1) is 12.4. The topological polar surface area (TPSA) is 71.7 Å². The van der Waals surface area contributed by atoms with E-state index in [1.807, 2.05) is 6.07 Å². The average molecular weight is 264 g/mol. The number of hydrogen-bond acceptors (Lipinski definition) is 4. The maximum absolute atomic E-state index is 11.7. The lowest BCUT2D eigenvalue weighted by Crippen LogP contribution is -2.20. The minimum atomic E-state index is -3.48. The van der Waals surface area contributed by atoms with Crippen LogP contribution < -0.4 is 4.83 Å². The van der Waals surface area contributed by atoms with E-state index in [1.54, 1.807) is 36.4 Å². The summed E-state index contributed by atoms with van der Waals surface area (Å²) in [6, 6.07) is 12.3. The molecule has 94 valence electrons. The number of hydrogen-bond donors (Lipinski definition) is 1. The van der Waals surface area contributed by atoms with Crippen LogP contribution in [0.1, 0.15) is 11.3 Å². The van der Waals surface area contributed by atoms with E-state index in [0.29, 0.717) is 11.3 Å². The van der Waals surface area contributed by atoms with Gasteiger partial charge in [0.15, 0.2) is 0 Å². The summed E-state index contributed by atoms with van der Waals surface area (Å²) in [5.74, 6) is 0.376. The first-order valence-corrected chi connectivity index (χ1v) is 6.91. The molecule has 1 aromatic heterocycles. The Balaban J connectivity index is 1.96. The number of rotatable bonds is 5. The molecule has 0 aliphatic rings. The van der Waals surface area contributed by atoms with E-state index in [9.17, 15) is 8.42 Å². The normalized spacial score (nSPS) is 11.8. The van der Waals surface area contributed by atoms with Crippen LogP contribution in [0.5, 0.6) is 0 Å². The Morgan fingerprint density at radius 3 is 2.61 bits per heavy atom. The highest BCUT2D eigenvalue weighted by molar-refractivity contribution is 7.88. The van der Waals surface area contributed by atoms with Crippen molar-refractivity contribution in [1.29, 1.82) is 0 Å². The molecule has 1 N–H and O–H groups in total. The maximum Gasteiger partial charge on any atom is 0.251 e. The summed E-state index contributed by atoms with van der Waals surface area (Å²) >= 11 is 0. The zero-order chi connectivity index (χ0) is 12.8. The van der Waals surface area contributed by atoms with Crippen LogP contribution in [-0.2, 0) is 15.8 Å². The number of furan rings is 1. The molecule has 1 heterocycles. The predicted octanol–water partition coefficient (Wildman–Crippen LogP) is 1.73. The van der Waals surface area contributed by atoms with E-state index < -0.39 is 10.0 Å². The van der Waals surface area contributed by atoms with Crippen molar-refractivity contribution in [3.63, 3.8) is 0 Å². The molecule has 0 saturated heterocycles. The standard InChI is InChI=1S/C12H12N2O3S/c15-18(16,10-11-5-2-1-3-6-11)14-13-9-12-7-4-8-17-12/h1-9,14H,10H2/b13-9+. The van der Waals surface area contributed by atoms with Crippen molar-refractivity contribution in [3.05, 3.63) is 60.1 Å². The Bertz CT molecular complexity index is 604. The van der Waals surface area contributed by atoms with Crippen LogP contribution >= 0.6 is 0 Å². The third kappa shape index (κ3) is 3.74. The fourth-order valence-corrected chi connectivity index (χ4v) is 2.27. The molecule has 6 heteroatoms. The first-order chi connectivity index (χ1) is 8.66. The summed E-state index contributed by atoms with van der Waals surface area (Å²) in [5.41, 5.74) is 0.707. The maximum atomic E-state index is 11.7. The van der Waals surface area contributed by atoms with E-state index in [-0.39, 0.29) is 5.75 Å². The van der Waals surface area contributed by atoms with Gasteiger partial charge in [-0.25, -0.2) is 13.2 Å². The molecular formula is C12H12N2O3S. The SMILES string of the molecule is O=S(=O)(Cc1ccccc1)N/N=C/c1ccco1. The van der Waals surface area contributed by atoms with Gasteiger partial charge in [0.05, 0.1) is 18.2 Å². The van der Waals surface area contributed by atoms with E-state index in [4.69, 9.17) is 4.42 Å². The van der Waals surface area contributed by atoms with E-state index in [1.165, 1.54) is 12.5 Å². The van der Waals surface area contributed by atoms with Crippen molar-refractivity contribution in [2.75, 3.05) is 0 Å². The molecule has 0 amide bonds. The molecular weight excluding hydrogens is 252 g/mol. The van der Waals surface area contributed by atoms with Crippen LogP contribution in [0.15, 0.2) is 58.2 Å². The molecule has 0 radical (unpaired) electrons.